The third-order valence-corrected chi connectivity index (χ3v) is 3.32. The van der Waals surface area contributed by atoms with Gasteiger partial charge in [0.2, 0.25) is 0 Å². The maximum Gasteiger partial charge on any atom is 0.145 e. The van der Waals surface area contributed by atoms with Crippen molar-refractivity contribution in [1.82, 2.24) is 0 Å². The van der Waals surface area contributed by atoms with Crippen LogP contribution in [0.4, 0.5) is 0 Å². The van der Waals surface area contributed by atoms with Gasteiger partial charge in [0.1, 0.15) is 23.0 Å². The van der Waals surface area contributed by atoms with Crippen LogP contribution in [0.15, 0.2) is 53.1 Å². The summed E-state index contributed by atoms with van der Waals surface area (Å²) < 4.78 is 11.2. The summed E-state index contributed by atoms with van der Waals surface area (Å²) in [4.78, 5) is 17.4. The minimum atomic E-state index is 0. The summed E-state index contributed by atoms with van der Waals surface area (Å²) in [7, 11) is 0. The van der Waals surface area contributed by atoms with E-state index in [0.29, 0.717) is 26.2 Å². The number of aliphatic imine (C=N–C) groups is 4. The molecule has 4 bridgehead atoms. The van der Waals surface area contributed by atoms with E-state index in [2.05, 4.69) is 45.2 Å². The van der Waals surface area contributed by atoms with Gasteiger partial charge in [-0.05, 0) is 37.1 Å². The Morgan fingerprint density at radius 1 is 0.594 bits per heavy atom. The van der Waals surface area contributed by atoms with Gasteiger partial charge >= 0.3 is 0 Å². The minimum Gasteiger partial charge on any atom is -0.696 e. The minimum absolute atomic E-state index is 0. The average molecular weight is 568 g/mol. The third kappa shape index (κ3) is 15.5. The Balaban J connectivity index is 0. The van der Waals surface area contributed by atoms with Crippen LogP contribution >= 0.6 is 0 Å². The van der Waals surface area contributed by atoms with Crippen molar-refractivity contribution in [2.45, 2.75) is 12.8 Å². The molecule has 8 nitrogen and oxygen atoms in total. The molecule has 0 amide bonds. The number of rotatable bonds is 0. The van der Waals surface area contributed by atoms with Crippen LogP contribution in [0.2, 0.25) is 0 Å². The second kappa shape index (κ2) is 21.9. The number of thiocyanates is 2. The Kier molecular flexibility index (Phi) is 21.8. The Morgan fingerprint density at radius 3 is 1.03 bits per heavy atom. The van der Waals surface area contributed by atoms with E-state index in [9.17, 15) is 0 Å². The van der Waals surface area contributed by atoms with Gasteiger partial charge in [-0.25, -0.2) is 10.5 Å². The molecule has 0 saturated heterocycles. The maximum absolute atomic E-state index is 7.13. The van der Waals surface area contributed by atoms with Crippen molar-refractivity contribution in [1.29, 1.82) is 10.5 Å². The molecular weight excluding hydrogens is 547 g/mol. The maximum atomic E-state index is 7.13. The largest absolute Gasteiger partial charge is 0.696 e. The molecule has 0 atom stereocenters. The summed E-state index contributed by atoms with van der Waals surface area (Å²) in [6.45, 7) is 2.82. The number of hydrogen-bond acceptors (Lipinski definition) is 10. The normalized spacial score (nSPS) is 12.7. The van der Waals surface area contributed by atoms with Crippen LogP contribution in [0, 0.1) is 21.3 Å². The third-order valence-electron chi connectivity index (χ3n) is 3.32. The van der Waals surface area contributed by atoms with Gasteiger partial charge in [-0.1, -0.05) is 10.8 Å². The molecule has 1 aliphatic rings. The fourth-order valence-corrected chi connectivity index (χ4v) is 2.14. The number of fused-ring (bicyclic) bond motifs is 4. The molecule has 2 radical (unpaired) electrons. The zero-order chi connectivity index (χ0) is 21.9. The molecule has 2 aromatic rings. The first-order chi connectivity index (χ1) is 14.7. The second-order valence-electron chi connectivity index (χ2n) is 5.51. The van der Waals surface area contributed by atoms with Gasteiger partial charge in [-0.2, -0.15) is 0 Å². The molecule has 32 heavy (non-hydrogen) atoms. The summed E-state index contributed by atoms with van der Waals surface area (Å²) in [5, 5.41) is 16.9. The summed E-state index contributed by atoms with van der Waals surface area (Å²) >= 11 is 7.40. The molecule has 3 heterocycles. The first-order valence-electron chi connectivity index (χ1n) is 8.95. The SMILES string of the molecule is C1=NCCCN=Cc2ccc(o2)C=NCCCN=Cc2ccc1o2.N#C[S-].N#C[S-].[Cu].[Cu]. The average Bonchev–Trinajstić information content (AvgIpc) is 3.37. The quantitative estimate of drug-likeness (QED) is 0.274. The van der Waals surface area contributed by atoms with Crippen LogP contribution in [-0.2, 0) is 59.4 Å². The van der Waals surface area contributed by atoms with Gasteiger partial charge in [-0.15, -0.1) is 0 Å². The van der Waals surface area contributed by atoms with Gasteiger partial charge < -0.3 is 34.1 Å². The summed E-state index contributed by atoms with van der Waals surface area (Å²) in [6, 6.07) is 7.57. The molecule has 0 fully saturated rings. The number of nitriles is 2. The molecule has 3 rings (SSSR count). The van der Waals surface area contributed by atoms with Gasteiger partial charge in [0.15, 0.2) is 0 Å². The van der Waals surface area contributed by atoms with E-state index in [-0.39, 0.29) is 34.1 Å². The first kappa shape index (κ1) is 31.9. The summed E-state index contributed by atoms with van der Waals surface area (Å²) in [6.07, 6.45) is 8.72. The number of hydrogen-bond donors (Lipinski definition) is 0. The Morgan fingerprint density at radius 2 is 0.812 bits per heavy atom. The Hall–Kier alpha value is -2.30. The van der Waals surface area contributed by atoms with E-state index in [4.69, 9.17) is 19.4 Å². The van der Waals surface area contributed by atoms with E-state index in [1.165, 1.54) is 10.8 Å². The summed E-state index contributed by atoms with van der Waals surface area (Å²) in [5.74, 6) is 2.95. The molecule has 0 aromatic carbocycles. The molecule has 1 aliphatic heterocycles. The van der Waals surface area contributed by atoms with E-state index < -0.39 is 0 Å². The Bertz CT molecular complexity index is 809. The smallest absolute Gasteiger partial charge is 0.145 e. The molecular formula is C20H20Cu2N6O2S2-2. The van der Waals surface area contributed by atoms with Crippen molar-refractivity contribution in [3.05, 3.63) is 47.3 Å². The van der Waals surface area contributed by atoms with E-state index in [1.54, 1.807) is 24.9 Å². The molecule has 0 N–H and O–H groups in total. The van der Waals surface area contributed by atoms with Gasteiger partial charge in [0, 0.05) is 60.3 Å². The van der Waals surface area contributed by atoms with Crippen molar-refractivity contribution in [2.24, 2.45) is 20.0 Å². The second-order valence-corrected chi connectivity index (χ2v) is 5.88. The molecule has 0 spiro atoms. The fraction of sp³-hybridized carbons (Fsp3) is 0.300. The molecule has 0 unspecified atom stereocenters. The van der Waals surface area contributed by atoms with Crippen LogP contribution in [0.25, 0.3) is 0 Å². The first-order valence-corrected chi connectivity index (χ1v) is 9.76. The van der Waals surface area contributed by atoms with Crippen molar-refractivity contribution in [3.63, 3.8) is 0 Å². The van der Waals surface area contributed by atoms with E-state index >= 15 is 0 Å². The zero-order valence-corrected chi connectivity index (χ0v) is 20.3. The number of furan rings is 2. The topological polar surface area (TPSA) is 123 Å². The van der Waals surface area contributed by atoms with Gasteiger partial charge in [0.25, 0.3) is 0 Å². The predicted molar refractivity (Wildman–Crippen MR) is 122 cm³/mol. The van der Waals surface area contributed by atoms with Crippen LogP contribution in [0.1, 0.15) is 35.9 Å². The fourth-order valence-electron chi connectivity index (χ4n) is 2.14. The monoisotopic (exact) mass is 566 g/mol. The molecule has 0 saturated carbocycles. The molecule has 0 aliphatic carbocycles. The van der Waals surface area contributed by atoms with E-state index in [1.807, 2.05) is 24.3 Å². The van der Waals surface area contributed by atoms with Gasteiger partial charge in [0.05, 0.1) is 24.9 Å². The van der Waals surface area contributed by atoms with Crippen LogP contribution < -0.4 is 0 Å². The van der Waals surface area contributed by atoms with Crippen LogP contribution in [0.3, 0.4) is 0 Å². The van der Waals surface area contributed by atoms with E-state index in [0.717, 1.165) is 35.9 Å². The number of nitrogens with zero attached hydrogens (tertiary/aromatic N) is 6. The molecule has 12 heteroatoms. The van der Waals surface area contributed by atoms with Crippen molar-refractivity contribution < 1.29 is 43.0 Å². The van der Waals surface area contributed by atoms with Gasteiger partial charge in [-0.3, -0.25) is 20.0 Å². The van der Waals surface area contributed by atoms with Crippen LogP contribution in [-0.4, -0.2) is 51.0 Å². The van der Waals surface area contributed by atoms with Crippen LogP contribution in [0.5, 0.6) is 0 Å². The molecule has 178 valence electrons. The van der Waals surface area contributed by atoms with Crippen molar-refractivity contribution in [3.8, 4) is 10.8 Å². The predicted octanol–water partition coefficient (Wildman–Crippen LogP) is 3.07. The summed E-state index contributed by atoms with van der Waals surface area (Å²) in [5.41, 5.74) is 0. The van der Waals surface area contributed by atoms with Crippen molar-refractivity contribution >= 4 is 50.1 Å². The zero-order valence-electron chi connectivity index (χ0n) is 16.8. The standard InChI is InChI=1S/C18H20N4O2.2CHNS.2Cu/c1-7-19-11-15-3-5-17(23-15)13-21-9-2-10-22-14-18-6-4-16(24-18)12-20-8-1;2*2-1-3;;/h3-6,11-14H,1-2,7-10H2;2*3H;;/p-2. The molecule has 2 aromatic heterocycles. The van der Waals surface area contributed by atoms with Crippen molar-refractivity contribution in [2.75, 3.05) is 26.2 Å². The Labute approximate surface area is 219 Å².